The van der Waals surface area contributed by atoms with Crippen molar-refractivity contribution in [1.29, 1.82) is 0 Å². The average molecular weight is 533 g/mol. The number of halogens is 5. The number of esters is 1. The third-order valence-electron chi connectivity index (χ3n) is 5.94. The maximum atomic E-state index is 12.7. The van der Waals surface area contributed by atoms with E-state index in [-0.39, 0.29) is 37.3 Å². The zero-order valence-electron chi connectivity index (χ0n) is 19.3. The van der Waals surface area contributed by atoms with Gasteiger partial charge in [0.05, 0.1) is 12.2 Å². The molecule has 0 atom stereocenters. The molecular formula is C24H29Cl2F3N4O2. The molecule has 3 heterocycles. The van der Waals surface area contributed by atoms with Gasteiger partial charge in [-0.15, -0.1) is 24.8 Å². The van der Waals surface area contributed by atoms with Gasteiger partial charge in [-0.3, -0.25) is 9.69 Å². The number of para-hydroxylation sites is 1. The van der Waals surface area contributed by atoms with Crippen molar-refractivity contribution in [1.82, 2.24) is 14.5 Å². The topological polar surface area (TPSA) is 50.6 Å². The molecule has 0 amide bonds. The van der Waals surface area contributed by atoms with Gasteiger partial charge in [0.2, 0.25) is 0 Å². The molecule has 0 aliphatic carbocycles. The number of rotatable bonds is 7. The Morgan fingerprint density at radius 1 is 1.06 bits per heavy atom. The van der Waals surface area contributed by atoms with Gasteiger partial charge in [0.25, 0.3) is 0 Å². The van der Waals surface area contributed by atoms with Crippen molar-refractivity contribution in [2.75, 3.05) is 44.2 Å². The van der Waals surface area contributed by atoms with Gasteiger partial charge in [0, 0.05) is 56.0 Å². The van der Waals surface area contributed by atoms with Crippen molar-refractivity contribution >= 4 is 47.5 Å². The van der Waals surface area contributed by atoms with Crippen molar-refractivity contribution < 1.29 is 22.7 Å². The van der Waals surface area contributed by atoms with Crippen LogP contribution in [0.5, 0.6) is 0 Å². The highest BCUT2D eigenvalue weighted by Gasteiger charge is 2.31. The highest BCUT2D eigenvalue weighted by molar-refractivity contribution is 5.86. The molecule has 192 valence electrons. The molecule has 11 heteroatoms. The van der Waals surface area contributed by atoms with Crippen LogP contribution in [0, 0.1) is 0 Å². The summed E-state index contributed by atoms with van der Waals surface area (Å²) in [6.07, 6.45) is -0.601. The number of carbonyl (C=O) groups excluding carboxylic acids is 1. The Labute approximate surface area is 214 Å². The van der Waals surface area contributed by atoms with Crippen molar-refractivity contribution in [3.8, 4) is 0 Å². The Hall–Kier alpha value is -2.49. The fourth-order valence-corrected chi connectivity index (χ4v) is 4.22. The molecule has 0 saturated carbocycles. The zero-order chi connectivity index (χ0) is 23.4. The first-order valence-corrected chi connectivity index (χ1v) is 11.1. The average Bonchev–Trinajstić information content (AvgIpc) is 3.15. The summed E-state index contributed by atoms with van der Waals surface area (Å²) in [5, 5.41) is 1.13. The maximum absolute atomic E-state index is 12.7. The number of alkyl halides is 3. The van der Waals surface area contributed by atoms with E-state index in [0.717, 1.165) is 49.2 Å². The minimum absolute atomic E-state index is 0. The quantitative estimate of drug-likeness (QED) is 0.408. The van der Waals surface area contributed by atoms with Crippen LogP contribution in [0.25, 0.3) is 10.9 Å². The van der Waals surface area contributed by atoms with Crippen LogP contribution < -0.4 is 4.90 Å². The van der Waals surface area contributed by atoms with Gasteiger partial charge < -0.3 is 14.2 Å². The van der Waals surface area contributed by atoms with E-state index >= 15 is 0 Å². The number of benzene rings is 1. The highest BCUT2D eigenvalue weighted by atomic mass is 35.5. The van der Waals surface area contributed by atoms with Crippen LogP contribution in [0.4, 0.5) is 19.0 Å². The Bertz CT molecular complexity index is 1100. The fourth-order valence-electron chi connectivity index (χ4n) is 4.22. The van der Waals surface area contributed by atoms with Gasteiger partial charge in [-0.1, -0.05) is 18.2 Å². The smallest absolute Gasteiger partial charge is 0.417 e. The number of carbonyl (C=O) groups is 1. The summed E-state index contributed by atoms with van der Waals surface area (Å²) in [5.74, 6) is 0.322. The third kappa shape index (κ3) is 7.02. The van der Waals surface area contributed by atoms with E-state index in [0.29, 0.717) is 25.5 Å². The molecule has 2 aromatic heterocycles. The monoisotopic (exact) mass is 532 g/mol. The van der Waals surface area contributed by atoms with E-state index < -0.39 is 11.7 Å². The Morgan fingerprint density at radius 3 is 2.40 bits per heavy atom. The number of pyridine rings is 1. The normalized spacial score (nSPS) is 14.3. The van der Waals surface area contributed by atoms with E-state index in [9.17, 15) is 18.0 Å². The number of nitrogens with zero attached hydrogens (tertiary/aromatic N) is 4. The number of fused-ring (bicyclic) bond motifs is 1. The van der Waals surface area contributed by atoms with Gasteiger partial charge in [0.15, 0.2) is 0 Å². The van der Waals surface area contributed by atoms with Gasteiger partial charge in [-0.05, 0) is 37.1 Å². The second kappa shape index (κ2) is 12.5. The van der Waals surface area contributed by atoms with Crippen LogP contribution in [-0.2, 0) is 28.7 Å². The molecular weight excluding hydrogens is 504 g/mol. The lowest BCUT2D eigenvalue weighted by Gasteiger charge is -2.35. The van der Waals surface area contributed by atoms with Gasteiger partial charge >= 0.3 is 12.1 Å². The molecule has 0 bridgehead atoms. The van der Waals surface area contributed by atoms with Crippen molar-refractivity contribution in [3.63, 3.8) is 0 Å². The predicted octanol–water partition coefficient (Wildman–Crippen LogP) is 4.83. The van der Waals surface area contributed by atoms with E-state index in [1.165, 1.54) is 11.6 Å². The molecule has 0 unspecified atom stereocenters. The summed E-state index contributed by atoms with van der Waals surface area (Å²) in [6, 6.07) is 10.6. The van der Waals surface area contributed by atoms with E-state index in [1.54, 1.807) is 6.92 Å². The fraction of sp³-hybridized carbons (Fsp3) is 0.417. The summed E-state index contributed by atoms with van der Waals surface area (Å²) in [6.45, 7) is 6.25. The number of aromatic nitrogens is 2. The summed E-state index contributed by atoms with van der Waals surface area (Å²) in [7, 11) is 0. The van der Waals surface area contributed by atoms with Crippen molar-refractivity contribution in [3.05, 3.63) is 59.9 Å². The largest absolute Gasteiger partial charge is 0.465 e. The highest BCUT2D eigenvalue weighted by Crippen LogP contribution is 2.29. The van der Waals surface area contributed by atoms with Crippen LogP contribution >= 0.6 is 24.8 Å². The Morgan fingerprint density at radius 2 is 1.77 bits per heavy atom. The van der Waals surface area contributed by atoms with Crippen LogP contribution in [0.3, 0.4) is 0 Å². The number of ether oxygens (including phenoxy) is 1. The van der Waals surface area contributed by atoms with E-state index in [2.05, 4.69) is 16.0 Å². The van der Waals surface area contributed by atoms with E-state index in [4.69, 9.17) is 4.74 Å². The lowest BCUT2D eigenvalue weighted by Crippen LogP contribution is -2.47. The SMILES string of the molecule is CCOC(=O)Cn1cc(CCN2CCN(c3ccc(C(F)(F)F)cn3)CC2)c2ccccc21.Cl.Cl. The molecule has 1 aromatic carbocycles. The number of anilines is 1. The lowest BCUT2D eigenvalue weighted by molar-refractivity contribution is -0.143. The summed E-state index contributed by atoms with van der Waals surface area (Å²) >= 11 is 0. The molecule has 0 radical (unpaired) electrons. The first kappa shape index (κ1) is 28.7. The molecule has 6 nitrogen and oxygen atoms in total. The minimum atomic E-state index is -4.37. The summed E-state index contributed by atoms with van der Waals surface area (Å²) < 4.78 is 45.3. The zero-order valence-corrected chi connectivity index (χ0v) is 21.0. The summed E-state index contributed by atoms with van der Waals surface area (Å²) in [4.78, 5) is 20.3. The first-order chi connectivity index (χ1) is 15.8. The third-order valence-corrected chi connectivity index (χ3v) is 5.94. The number of hydrogen-bond acceptors (Lipinski definition) is 5. The second-order valence-electron chi connectivity index (χ2n) is 8.09. The van der Waals surface area contributed by atoms with Crippen LogP contribution in [0.15, 0.2) is 48.8 Å². The van der Waals surface area contributed by atoms with Crippen molar-refractivity contribution in [2.24, 2.45) is 0 Å². The lowest BCUT2D eigenvalue weighted by atomic mass is 10.1. The van der Waals surface area contributed by atoms with Gasteiger partial charge in [-0.25, -0.2) is 4.98 Å². The first-order valence-electron chi connectivity index (χ1n) is 11.1. The van der Waals surface area contributed by atoms with Crippen molar-refractivity contribution in [2.45, 2.75) is 26.1 Å². The molecule has 1 aliphatic heterocycles. The molecule has 0 spiro atoms. The Kier molecular flexibility index (Phi) is 10.2. The van der Waals surface area contributed by atoms with Crippen LogP contribution in [0.2, 0.25) is 0 Å². The van der Waals surface area contributed by atoms with Crippen LogP contribution in [0.1, 0.15) is 18.1 Å². The van der Waals surface area contributed by atoms with Gasteiger partial charge in [-0.2, -0.15) is 13.2 Å². The van der Waals surface area contributed by atoms with Crippen LogP contribution in [-0.4, -0.2) is 59.8 Å². The van der Waals surface area contributed by atoms with E-state index in [1.807, 2.05) is 33.9 Å². The standard InChI is InChI=1S/C24H27F3N4O2.2ClH/c1-2-33-23(32)17-31-16-18(20-5-3-4-6-21(20)31)9-10-29-11-13-30(14-12-29)22-8-7-19(15-28-22)24(25,26)27;;/h3-8,15-16H,2,9-14,17H2,1H3;2*1H. The van der Waals surface area contributed by atoms with Gasteiger partial charge in [0.1, 0.15) is 12.4 Å². The minimum Gasteiger partial charge on any atom is -0.465 e. The number of piperazine rings is 1. The molecule has 4 rings (SSSR count). The molecule has 1 saturated heterocycles. The maximum Gasteiger partial charge on any atom is 0.417 e. The molecule has 1 fully saturated rings. The molecule has 3 aromatic rings. The second-order valence-corrected chi connectivity index (χ2v) is 8.09. The Balaban J connectivity index is 0.00000216. The molecule has 35 heavy (non-hydrogen) atoms. The molecule has 1 aliphatic rings. The molecule has 0 N–H and O–H groups in total. The predicted molar refractivity (Wildman–Crippen MR) is 135 cm³/mol. The number of hydrogen-bond donors (Lipinski definition) is 0. The summed E-state index contributed by atoms with van der Waals surface area (Å²) in [5.41, 5.74) is 1.47.